The third-order valence-electron chi connectivity index (χ3n) is 1.24. The summed E-state index contributed by atoms with van der Waals surface area (Å²) in [5.74, 6) is 0.660. The van der Waals surface area contributed by atoms with E-state index < -0.39 is 0 Å². The Labute approximate surface area is 62.5 Å². The van der Waals surface area contributed by atoms with Crippen LogP contribution in [0.4, 0.5) is 0 Å². The van der Waals surface area contributed by atoms with Crippen molar-refractivity contribution in [2.24, 2.45) is 0 Å². The van der Waals surface area contributed by atoms with Gasteiger partial charge < -0.3 is 0 Å². The van der Waals surface area contributed by atoms with Gasteiger partial charge in [0.05, 0.1) is 0 Å². The number of nitrogens with one attached hydrogen (secondary N) is 1. The van der Waals surface area contributed by atoms with Gasteiger partial charge in [-0.2, -0.15) is 5.10 Å². The number of hydrogen-bond acceptors (Lipinski definition) is 4. The van der Waals surface area contributed by atoms with Crippen molar-refractivity contribution in [2.45, 2.75) is 0 Å². The minimum atomic E-state index is 0.660. The van der Waals surface area contributed by atoms with E-state index in [4.69, 9.17) is 0 Å². The van der Waals surface area contributed by atoms with Crippen LogP contribution in [0.15, 0.2) is 24.9 Å². The molecule has 0 saturated carbocycles. The Bertz CT molecular complexity index is 314. The molecule has 5 heteroatoms. The fourth-order valence-corrected chi connectivity index (χ4v) is 0.760. The first kappa shape index (κ1) is 5.96. The first-order valence-electron chi connectivity index (χ1n) is 3.08. The minimum Gasteiger partial charge on any atom is -0.258 e. The van der Waals surface area contributed by atoms with Crippen molar-refractivity contribution in [1.82, 2.24) is 25.1 Å². The van der Waals surface area contributed by atoms with Gasteiger partial charge in [0, 0.05) is 6.20 Å². The maximum Gasteiger partial charge on any atom is 0.174 e. The van der Waals surface area contributed by atoms with Gasteiger partial charge >= 0.3 is 0 Å². The summed E-state index contributed by atoms with van der Waals surface area (Å²) in [5, 5.41) is 6.40. The van der Waals surface area contributed by atoms with Gasteiger partial charge in [0.1, 0.15) is 18.3 Å². The van der Waals surface area contributed by atoms with Crippen LogP contribution in [-0.2, 0) is 0 Å². The Hall–Kier alpha value is -1.78. The van der Waals surface area contributed by atoms with E-state index in [9.17, 15) is 0 Å². The maximum atomic E-state index is 3.98. The molecule has 1 N–H and O–H groups in total. The largest absolute Gasteiger partial charge is 0.258 e. The molecule has 5 nitrogen and oxygen atoms in total. The number of nitrogens with zero attached hydrogens (tertiary/aromatic N) is 4. The minimum absolute atomic E-state index is 0.660. The Morgan fingerprint density at radius 1 is 1.18 bits per heavy atom. The van der Waals surface area contributed by atoms with Crippen molar-refractivity contribution >= 4 is 0 Å². The molecule has 2 aromatic rings. The summed E-state index contributed by atoms with van der Waals surface area (Å²) < 4.78 is 0. The fraction of sp³-hybridized carbons (Fsp3) is 0. The molecule has 0 aromatic carbocycles. The molecular formula is C6H5N5. The van der Waals surface area contributed by atoms with E-state index >= 15 is 0 Å². The van der Waals surface area contributed by atoms with Crippen molar-refractivity contribution in [3.63, 3.8) is 0 Å². The summed E-state index contributed by atoms with van der Waals surface area (Å²) in [7, 11) is 0. The van der Waals surface area contributed by atoms with Crippen molar-refractivity contribution in [1.29, 1.82) is 0 Å². The average Bonchev–Trinajstić information content (AvgIpc) is 2.58. The highest BCUT2D eigenvalue weighted by atomic mass is 15.2. The topological polar surface area (TPSA) is 67.3 Å². The lowest BCUT2D eigenvalue weighted by Gasteiger charge is -1.90. The van der Waals surface area contributed by atoms with Crippen LogP contribution in [0.5, 0.6) is 0 Å². The molecule has 0 radical (unpaired) electrons. The lowest BCUT2D eigenvalue weighted by Crippen LogP contribution is -1.85. The molecule has 0 amide bonds. The van der Waals surface area contributed by atoms with Crippen LogP contribution in [-0.4, -0.2) is 25.1 Å². The normalized spacial score (nSPS) is 9.82. The number of H-pyrrole nitrogens is 1. The summed E-state index contributed by atoms with van der Waals surface area (Å²) >= 11 is 0. The van der Waals surface area contributed by atoms with Crippen LogP contribution in [0.25, 0.3) is 11.5 Å². The van der Waals surface area contributed by atoms with E-state index in [-0.39, 0.29) is 0 Å². The van der Waals surface area contributed by atoms with Crippen LogP contribution < -0.4 is 0 Å². The Kier molecular flexibility index (Phi) is 1.33. The molecule has 0 aliphatic carbocycles. The van der Waals surface area contributed by atoms with Crippen LogP contribution in [0.1, 0.15) is 0 Å². The number of hydrogen-bond donors (Lipinski definition) is 1. The third kappa shape index (κ3) is 1.07. The van der Waals surface area contributed by atoms with Crippen molar-refractivity contribution in [3.05, 3.63) is 24.9 Å². The van der Waals surface area contributed by atoms with Gasteiger partial charge in [0.2, 0.25) is 0 Å². The van der Waals surface area contributed by atoms with Crippen molar-refractivity contribution in [2.75, 3.05) is 0 Å². The summed E-state index contributed by atoms with van der Waals surface area (Å²) in [6.45, 7) is 0. The predicted octanol–water partition coefficient (Wildman–Crippen LogP) is 0.262. The molecule has 2 heterocycles. The Morgan fingerprint density at radius 2 is 2.18 bits per heavy atom. The standard InChI is InChI=1S/C6H5N5/c1-2-7-3-8-5(1)6-9-4-10-11-6/h1-4H,(H,9,10,11). The van der Waals surface area contributed by atoms with E-state index in [1.54, 1.807) is 12.3 Å². The summed E-state index contributed by atoms with van der Waals surface area (Å²) in [6.07, 6.45) is 4.57. The highest BCUT2D eigenvalue weighted by Gasteiger charge is 1.98. The second-order valence-corrected chi connectivity index (χ2v) is 1.93. The van der Waals surface area contributed by atoms with Crippen LogP contribution in [0.3, 0.4) is 0 Å². The summed E-state index contributed by atoms with van der Waals surface area (Å²) in [5.41, 5.74) is 0.748. The molecule has 0 fully saturated rings. The van der Waals surface area contributed by atoms with E-state index in [0.717, 1.165) is 5.69 Å². The van der Waals surface area contributed by atoms with Gasteiger partial charge in [0.25, 0.3) is 0 Å². The SMILES string of the molecule is c1cc(-c2ncn[nH]2)ncn1. The lowest BCUT2D eigenvalue weighted by molar-refractivity contribution is 1.07. The Morgan fingerprint density at radius 3 is 2.82 bits per heavy atom. The molecular weight excluding hydrogens is 142 g/mol. The van der Waals surface area contributed by atoms with Crippen molar-refractivity contribution in [3.8, 4) is 11.5 Å². The van der Waals surface area contributed by atoms with Crippen LogP contribution >= 0.6 is 0 Å². The monoisotopic (exact) mass is 147 g/mol. The van der Waals surface area contributed by atoms with Crippen LogP contribution in [0.2, 0.25) is 0 Å². The average molecular weight is 147 g/mol. The molecule has 2 aromatic heterocycles. The predicted molar refractivity (Wildman–Crippen MR) is 37.4 cm³/mol. The van der Waals surface area contributed by atoms with E-state index in [1.807, 2.05) is 0 Å². The highest BCUT2D eigenvalue weighted by Crippen LogP contribution is 2.05. The first-order chi connectivity index (χ1) is 5.47. The lowest BCUT2D eigenvalue weighted by atomic mass is 10.4. The van der Waals surface area contributed by atoms with Gasteiger partial charge in [0.15, 0.2) is 5.82 Å². The van der Waals surface area contributed by atoms with E-state index in [0.29, 0.717) is 5.82 Å². The molecule has 2 rings (SSSR count). The number of aromatic nitrogens is 5. The van der Waals surface area contributed by atoms with Crippen molar-refractivity contribution < 1.29 is 0 Å². The van der Waals surface area contributed by atoms with Gasteiger partial charge in [-0.3, -0.25) is 5.10 Å². The van der Waals surface area contributed by atoms with Gasteiger partial charge in [-0.1, -0.05) is 0 Å². The molecule has 11 heavy (non-hydrogen) atoms. The molecule has 54 valence electrons. The number of aromatic amines is 1. The van der Waals surface area contributed by atoms with Gasteiger partial charge in [-0.25, -0.2) is 15.0 Å². The highest BCUT2D eigenvalue weighted by molar-refractivity contribution is 5.45. The molecule has 0 spiro atoms. The molecule has 0 bridgehead atoms. The summed E-state index contributed by atoms with van der Waals surface area (Å²) in [4.78, 5) is 11.7. The van der Waals surface area contributed by atoms with Gasteiger partial charge in [-0.05, 0) is 6.07 Å². The zero-order valence-corrected chi connectivity index (χ0v) is 5.60. The molecule has 0 aliphatic rings. The molecule has 0 aliphatic heterocycles. The summed E-state index contributed by atoms with van der Waals surface area (Å²) in [6, 6.07) is 1.76. The number of rotatable bonds is 1. The maximum absolute atomic E-state index is 3.98. The second-order valence-electron chi connectivity index (χ2n) is 1.93. The quantitative estimate of drug-likeness (QED) is 0.628. The van der Waals surface area contributed by atoms with E-state index in [1.165, 1.54) is 12.7 Å². The molecule has 0 atom stereocenters. The first-order valence-corrected chi connectivity index (χ1v) is 3.08. The van der Waals surface area contributed by atoms with Gasteiger partial charge in [-0.15, -0.1) is 0 Å². The molecule has 0 saturated heterocycles. The zero-order chi connectivity index (χ0) is 7.52. The second kappa shape index (κ2) is 2.45. The fourth-order valence-electron chi connectivity index (χ4n) is 0.760. The molecule has 0 unspecified atom stereocenters. The smallest absolute Gasteiger partial charge is 0.174 e. The Balaban J connectivity index is 2.46. The van der Waals surface area contributed by atoms with E-state index in [2.05, 4.69) is 25.1 Å². The zero-order valence-electron chi connectivity index (χ0n) is 5.60. The van der Waals surface area contributed by atoms with Crippen LogP contribution in [0, 0.1) is 0 Å². The third-order valence-corrected chi connectivity index (χ3v) is 1.24.